The topological polar surface area (TPSA) is 71.1 Å². The summed E-state index contributed by atoms with van der Waals surface area (Å²) in [4.78, 5) is 25.0. The van der Waals surface area contributed by atoms with Crippen molar-refractivity contribution in [2.24, 2.45) is 17.3 Å². The summed E-state index contributed by atoms with van der Waals surface area (Å²) in [5.41, 5.74) is 2.46. The number of carbonyl (C=O) groups excluding carboxylic acids is 2. The summed E-state index contributed by atoms with van der Waals surface area (Å²) < 4.78 is 21.6. The number of methoxy groups -OCH3 is 1. The predicted octanol–water partition coefficient (Wildman–Crippen LogP) is 7.57. The number of hydrogen-bond acceptors (Lipinski definition) is 6. The smallest absolute Gasteiger partial charge is 0.336 e. The molecule has 6 nitrogen and oxygen atoms in total. The molecule has 3 rings (SSSR count). The Morgan fingerprint density at radius 3 is 1.87 bits per heavy atom. The van der Waals surface area contributed by atoms with Crippen molar-refractivity contribution < 1.29 is 28.5 Å². The molecule has 0 aromatic heterocycles. The normalized spacial score (nSPS) is 12.8. The van der Waals surface area contributed by atoms with Gasteiger partial charge in [0.15, 0.2) is 0 Å². The van der Waals surface area contributed by atoms with E-state index < -0.39 is 11.4 Å². The molecule has 0 heterocycles. The lowest BCUT2D eigenvalue weighted by atomic mass is 9.73. The first-order valence-electron chi connectivity index (χ1n) is 13.1. The zero-order valence-electron chi connectivity index (χ0n) is 23.6. The van der Waals surface area contributed by atoms with Crippen molar-refractivity contribution in [3.05, 3.63) is 84.4 Å². The van der Waals surface area contributed by atoms with Gasteiger partial charge < -0.3 is 18.9 Å². The quantitative estimate of drug-likeness (QED) is 0.104. The third kappa shape index (κ3) is 8.47. The van der Waals surface area contributed by atoms with Crippen LogP contribution in [-0.2, 0) is 14.3 Å². The first-order valence-corrected chi connectivity index (χ1v) is 13.1. The second-order valence-electron chi connectivity index (χ2n) is 10.4. The molecule has 0 fully saturated rings. The molecule has 0 N–H and O–H groups in total. The summed E-state index contributed by atoms with van der Waals surface area (Å²) in [6, 6.07) is 22.3. The van der Waals surface area contributed by atoms with Crippen molar-refractivity contribution in [1.82, 2.24) is 0 Å². The standard InChI is InChI=1S/C33H38O6/c1-23(2)21-33(5,24(3)4)32(35)38-22-37-29-16-18-30(19-17-29)39-31(34)20-9-25-7-10-26(11-8-25)27-12-14-28(36-6)15-13-27/h7-20,23-24H,21-22H2,1-6H3. The second kappa shape index (κ2) is 13.7. The molecular weight excluding hydrogens is 492 g/mol. The third-order valence-corrected chi connectivity index (χ3v) is 6.78. The van der Waals surface area contributed by atoms with Gasteiger partial charge in [0.1, 0.15) is 17.2 Å². The molecule has 0 radical (unpaired) electrons. The van der Waals surface area contributed by atoms with E-state index in [2.05, 4.69) is 13.8 Å². The molecule has 0 spiro atoms. The van der Waals surface area contributed by atoms with Crippen molar-refractivity contribution in [3.8, 4) is 28.4 Å². The maximum absolute atomic E-state index is 12.7. The maximum atomic E-state index is 12.7. The van der Waals surface area contributed by atoms with Gasteiger partial charge in [0.05, 0.1) is 12.5 Å². The molecule has 0 aliphatic rings. The van der Waals surface area contributed by atoms with Crippen LogP contribution in [0.3, 0.4) is 0 Å². The Hall–Kier alpha value is -4.06. The third-order valence-electron chi connectivity index (χ3n) is 6.78. The van der Waals surface area contributed by atoms with Gasteiger partial charge in [-0.1, -0.05) is 64.1 Å². The van der Waals surface area contributed by atoms with E-state index in [-0.39, 0.29) is 18.7 Å². The fraction of sp³-hybridized carbons (Fsp3) is 0.333. The fourth-order valence-corrected chi connectivity index (χ4v) is 4.21. The van der Waals surface area contributed by atoms with Gasteiger partial charge in [0.25, 0.3) is 0 Å². The molecule has 1 unspecified atom stereocenters. The van der Waals surface area contributed by atoms with Gasteiger partial charge in [0.2, 0.25) is 6.79 Å². The van der Waals surface area contributed by atoms with E-state index in [1.54, 1.807) is 37.5 Å². The van der Waals surface area contributed by atoms with Crippen LogP contribution in [0.4, 0.5) is 0 Å². The summed E-state index contributed by atoms with van der Waals surface area (Å²) in [7, 11) is 1.64. The summed E-state index contributed by atoms with van der Waals surface area (Å²) in [5.74, 6) is 1.47. The van der Waals surface area contributed by atoms with Gasteiger partial charge in [0, 0.05) is 6.08 Å². The Labute approximate surface area is 231 Å². The van der Waals surface area contributed by atoms with Crippen LogP contribution in [0.5, 0.6) is 17.2 Å². The number of ether oxygens (including phenoxy) is 4. The SMILES string of the molecule is COc1ccc(-c2ccc(C=CC(=O)Oc3ccc(OCOC(=O)C(C)(CC(C)C)C(C)C)cc3)cc2)cc1. The summed E-state index contributed by atoms with van der Waals surface area (Å²) >= 11 is 0. The Kier molecular flexibility index (Phi) is 10.3. The average Bonchev–Trinajstić information content (AvgIpc) is 2.92. The highest BCUT2D eigenvalue weighted by Gasteiger charge is 2.38. The van der Waals surface area contributed by atoms with Gasteiger partial charge >= 0.3 is 11.9 Å². The average molecular weight is 531 g/mol. The lowest BCUT2D eigenvalue weighted by Gasteiger charge is -2.32. The Morgan fingerprint density at radius 2 is 1.33 bits per heavy atom. The molecule has 6 heteroatoms. The minimum atomic E-state index is -0.568. The van der Waals surface area contributed by atoms with Crippen LogP contribution in [-0.4, -0.2) is 25.8 Å². The largest absolute Gasteiger partial charge is 0.497 e. The number of rotatable bonds is 12. The van der Waals surface area contributed by atoms with E-state index >= 15 is 0 Å². The highest BCUT2D eigenvalue weighted by molar-refractivity contribution is 5.88. The van der Waals surface area contributed by atoms with Gasteiger partial charge in [-0.25, -0.2) is 4.79 Å². The van der Waals surface area contributed by atoms with E-state index in [9.17, 15) is 9.59 Å². The Bertz CT molecular complexity index is 1240. The predicted molar refractivity (Wildman–Crippen MR) is 154 cm³/mol. The van der Waals surface area contributed by atoms with Crippen LogP contribution in [0.25, 0.3) is 17.2 Å². The Morgan fingerprint density at radius 1 is 0.795 bits per heavy atom. The molecule has 3 aromatic carbocycles. The van der Waals surface area contributed by atoms with Crippen molar-refractivity contribution in [2.75, 3.05) is 13.9 Å². The minimum Gasteiger partial charge on any atom is -0.497 e. The fourth-order valence-electron chi connectivity index (χ4n) is 4.21. The van der Waals surface area contributed by atoms with Gasteiger partial charge in [-0.05, 0) is 84.3 Å². The minimum absolute atomic E-state index is 0.147. The molecule has 0 saturated heterocycles. The van der Waals surface area contributed by atoms with Crippen LogP contribution < -0.4 is 14.2 Å². The molecule has 3 aromatic rings. The van der Waals surface area contributed by atoms with E-state index in [0.29, 0.717) is 17.4 Å². The molecule has 206 valence electrons. The number of benzene rings is 3. The van der Waals surface area contributed by atoms with Crippen LogP contribution in [0.1, 0.15) is 46.6 Å². The first kappa shape index (κ1) is 29.5. The molecular formula is C33H38O6. The summed E-state index contributed by atoms with van der Waals surface area (Å²) in [6.45, 7) is 10.00. The molecule has 0 aliphatic heterocycles. The molecule has 0 aliphatic carbocycles. The zero-order valence-corrected chi connectivity index (χ0v) is 23.6. The summed E-state index contributed by atoms with van der Waals surface area (Å²) in [5, 5.41) is 0. The van der Waals surface area contributed by atoms with Crippen LogP contribution in [0, 0.1) is 17.3 Å². The summed E-state index contributed by atoms with van der Waals surface area (Å²) in [6.07, 6.45) is 3.83. The lowest BCUT2D eigenvalue weighted by Crippen LogP contribution is -2.37. The van der Waals surface area contributed by atoms with Crippen LogP contribution >= 0.6 is 0 Å². The molecule has 1 atom stereocenters. The maximum Gasteiger partial charge on any atom is 0.336 e. The van der Waals surface area contributed by atoms with Crippen molar-refractivity contribution in [1.29, 1.82) is 0 Å². The Balaban J connectivity index is 1.48. The second-order valence-corrected chi connectivity index (χ2v) is 10.4. The van der Waals surface area contributed by atoms with Gasteiger partial charge in [-0.15, -0.1) is 0 Å². The highest BCUT2D eigenvalue weighted by Crippen LogP contribution is 2.35. The molecule has 39 heavy (non-hydrogen) atoms. The van der Waals surface area contributed by atoms with E-state index in [1.165, 1.54) is 6.08 Å². The molecule has 0 saturated carbocycles. The monoisotopic (exact) mass is 530 g/mol. The van der Waals surface area contributed by atoms with E-state index in [0.717, 1.165) is 28.9 Å². The van der Waals surface area contributed by atoms with E-state index in [1.807, 2.05) is 69.3 Å². The number of hydrogen-bond donors (Lipinski definition) is 0. The first-order chi connectivity index (χ1) is 18.6. The highest BCUT2D eigenvalue weighted by atomic mass is 16.7. The van der Waals surface area contributed by atoms with Gasteiger partial charge in [-0.3, -0.25) is 4.79 Å². The van der Waals surface area contributed by atoms with Crippen molar-refractivity contribution in [2.45, 2.75) is 41.0 Å². The molecule has 0 bridgehead atoms. The number of carbonyl (C=O) groups is 2. The molecule has 0 amide bonds. The number of esters is 2. The van der Waals surface area contributed by atoms with Crippen LogP contribution in [0.15, 0.2) is 78.9 Å². The lowest BCUT2D eigenvalue weighted by molar-refractivity contribution is -0.165. The van der Waals surface area contributed by atoms with Gasteiger partial charge in [-0.2, -0.15) is 0 Å². The van der Waals surface area contributed by atoms with Crippen molar-refractivity contribution in [3.63, 3.8) is 0 Å². The zero-order chi connectivity index (χ0) is 28.4. The van der Waals surface area contributed by atoms with Crippen LogP contribution in [0.2, 0.25) is 0 Å². The van der Waals surface area contributed by atoms with E-state index in [4.69, 9.17) is 18.9 Å². The van der Waals surface area contributed by atoms with Crippen molar-refractivity contribution >= 4 is 18.0 Å².